The molecule has 1 saturated heterocycles. The van der Waals surface area contributed by atoms with Gasteiger partial charge in [0.15, 0.2) is 0 Å². The Labute approximate surface area is 225 Å². The first-order chi connectivity index (χ1) is 19.0. The second kappa shape index (κ2) is 9.62. The van der Waals surface area contributed by atoms with Crippen LogP contribution in [0.15, 0.2) is 55.0 Å². The molecule has 0 radical (unpaired) electrons. The molecule has 4 aromatic rings. The number of pyridine rings is 2. The lowest BCUT2D eigenvalue weighted by atomic mass is 9.99. The molecule has 1 aromatic carbocycles. The summed E-state index contributed by atoms with van der Waals surface area (Å²) in [5.41, 5.74) is 5.42. The maximum absolute atomic E-state index is 13.7. The Kier molecular flexibility index (Phi) is 5.93. The molecule has 3 aromatic heterocycles. The number of amides is 1. The number of anilines is 3. The van der Waals surface area contributed by atoms with E-state index in [0.29, 0.717) is 35.9 Å². The van der Waals surface area contributed by atoms with Crippen molar-refractivity contribution in [3.8, 4) is 11.3 Å². The van der Waals surface area contributed by atoms with Crippen molar-refractivity contribution < 1.29 is 13.9 Å². The summed E-state index contributed by atoms with van der Waals surface area (Å²) in [5, 5.41) is 6.28. The number of hydrogen-bond acceptors (Lipinski definition) is 7. The highest BCUT2D eigenvalue weighted by Gasteiger charge is 2.30. The minimum Gasteiger partial charge on any atom is -0.373 e. The highest BCUT2D eigenvalue weighted by atomic mass is 19.1. The SMILES string of the molecule is CN(C[C@H]1CN(c2ccc(Nc3ccc(-c4cnc5cc(F)ccn45)c4c3C(=O)NC4)nc2)CCO1)C1CC1. The number of imidazole rings is 1. The van der Waals surface area contributed by atoms with E-state index in [9.17, 15) is 9.18 Å². The summed E-state index contributed by atoms with van der Waals surface area (Å²) in [5.74, 6) is 0.188. The van der Waals surface area contributed by atoms with Crippen LogP contribution >= 0.6 is 0 Å². The first-order valence-electron chi connectivity index (χ1n) is 13.4. The summed E-state index contributed by atoms with van der Waals surface area (Å²) in [4.78, 5) is 26.6. The van der Waals surface area contributed by atoms with Gasteiger partial charge in [-0.3, -0.25) is 9.20 Å². The Balaban J connectivity index is 1.10. The number of ether oxygens (including phenoxy) is 1. The lowest BCUT2D eigenvalue weighted by Gasteiger charge is -2.36. The second-order valence-electron chi connectivity index (χ2n) is 10.5. The molecule has 1 saturated carbocycles. The highest BCUT2D eigenvalue weighted by Crippen LogP contribution is 2.35. The van der Waals surface area contributed by atoms with Gasteiger partial charge in [-0.25, -0.2) is 14.4 Å². The van der Waals surface area contributed by atoms with E-state index >= 15 is 0 Å². The van der Waals surface area contributed by atoms with E-state index in [4.69, 9.17) is 4.74 Å². The number of carbonyl (C=O) groups is 1. The molecule has 1 aliphatic carbocycles. The van der Waals surface area contributed by atoms with Crippen LogP contribution in [-0.4, -0.2) is 70.6 Å². The van der Waals surface area contributed by atoms with E-state index < -0.39 is 0 Å². The van der Waals surface area contributed by atoms with Crippen molar-refractivity contribution in [3.05, 3.63) is 71.9 Å². The summed E-state index contributed by atoms with van der Waals surface area (Å²) in [6, 6.07) is 11.4. The third-order valence-electron chi connectivity index (χ3n) is 7.89. The number of fused-ring (bicyclic) bond motifs is 2. The van der Waals surface area contributed by atoms with Gasteiger partial charge in [0, 0.05) is 50.0 Å². The average molecular weight is 528 g/mol. The molecule has 9 nitrogen and oxygen atoms in total. The van der Waals surface area contributed by atoms with Crippen molar-refractivity contribution in [3.63, 3.8) is 0 Å². The standard InChI is InChI=1S/C29H30FN7O2/c1-35(19-2-3-19)16-21-17-36(10-11-39-21)20-4-7-26(31-13-20)34-24-6-5-22(23-14-33-29(38)28(23)24)25-15-32-27-12-18(30)8-9-37(25)27/h4-9,12-13,15,19,21H,2-3,10-11,14,16-17H2,1H3,(H,31,34)(H,33,38)/t21-/m0/s1. The predicted molar refractivity (Wildman–Crippen MR) is 147 cm³/mol. The van der Waals surface area contributed by atoms with Gasteiger partial charge >= 0.3 is 0 Å². The summed E-state index contributed by atoms with van der Waals surface area (Å²) < 4.78 is 21.5. The van der Waals surface area contributed by atoms with E-state index in [-0.39, 0.29) is 17.8 Å². The smallest absolute Gasteiger partial charge is 0.254 e. The molecule has 5 heterocycles. The van der Waals surface area contributed by atoms with Crippen LogP contribution in [0.25, 0.3) is 16.9 Å². The van der Waals surface area contributed by atoms with Crippen molar-refractivity contribution >= 4 is 28.7 Å². The summed E-state index contributed by atoms with van der Waals surface area (Å²) in [6.07, 6.45) is 8.02. The third-order valence-corrected chi connectivity index (χ3v) is 7.89. The van der Waals surface area contributed by atoms with E-state index in [1.54, 1.807) is 12.4 Å². The fraction of sp³-hybridized carbons (Fsp3) is 0.345. The fourth-order valence-corrected chi connectivity index (χ4v) is 5.68. The van der Waals surface area contributed by atoms with E-state index in [1.165, 1.54) is 25.0 Å². The number of halogens is 1. The number of hydrogen-bond donors (Lipinski definition) is 2. The average Bonchev–Trinajstić information content (AvgIpc) is 3.62. The Morgan fingerprint density at radius 3 is 2.90 bits per heavy atom. The first kappa shape index (κ1) is 24.1. The number of carbonyl (C=O) groups excluding carboxylic acids is 1. The minimum atomic E-state index is -0.339. The van der Waals surface area contributed by atoms with E-state index in [0.717, 1.165) is 48.2 Å². The van der Waals surface area contributed by atoms with Gasteiger partial charge in [0.2, 0.25) is 0 Å². The summed E-state index contributed by atoms with van der Waals surface area (Å²) >= 11 is 0. The van der Waals surface area contributed by atoms with Crippen LogP contribution in [0.5, 0.6) is 0 Å². The van der Waals surface area contributed by atoms with Crippen molar-refractivity contribution in [1.29, 1.82) is 0 Å². The molecule has 39 heavy (non-hydrogen) atoms. The number of likely N-dealkylation sites (N-methyl/N-ethyl adjacent to an activating group) is 1. The zero-order chi connectivity index (χ0) is 26.5. The Morgan fingerprint density at radius 1 is 1.18 bits per heavy atom. The monoisotopic (exact) mass is 527 g/mol. The van der Waals surface area contributed by atoms with Gasteiger partial charge in [0.05, 0.1) is 47.7 Å². The molecule has 2 N–H and O–H groups in total. The molecular weight excluding hydrogens is 497 g/mol. The Hall–Kier alpha value is -4.02. The van der Waals surface area contributed by atoms with Crippen LogP contribution in [0.2, 0.25) is 0 Å². The lowest BCUT2D eigenvalue weighted by molar-refractivity contribution is 0.0192. The van der Waals surface area contributed by atoms with Gasteiger partial charge in [-0.1, -0.05) is 6.07 Å². The first-order valence-corrected chi connectivity index (χ1v) is 13.4. The van der Waals surface area contributed by atoms with Gasteiger partial charge in [-0.15, -0.1) is 0 Å². The van der Waals surface area contributed by atoms with Crippen LogP contribution in [-0.2, 0) is 11.3 Å². The number of rotatable bonds is 7. The number of nitrogens with zero attached hydrogens (tertiary/aromatic N) is 5. The topological polar surface area (TPSA) is 87.0 Å². The number of benzene rings is 1. The van der Waals surface area contributed by atoms with Crippen LogP contribution < -0.4 is 15.5 Å². The fourth-order valence-electron chi connectivity index (χ4n) is 5.68. The quantitative estimate of drug-likeness (QED) is 0.378. The normalized spacial score (nSPS) is 19.0. The van der Waals surface area contributed by atoms with Crippen molar-refractivity contribution in [1.82, 2.24) is 24.6 Å². The molecule has 0 unspecified atom stereocenters. The van der Waals surface area contributed by atoms with Gasteiger partial charge in [0.1, 0.15) is 17.3 Å². The Bertz CT molecular complexity index is 1550. The highest BCUT2D eigenvalue weighted by molar-refractivity contribution is 6.06. The Morgan fingerprint density at radius 2 is 2.08 bits per heavy atom. The zero-order valence-electron chi connectivity index (χ0n) is 21.7. The van der Waals surface area contributed by atoms with Crippen LogP contribution in [0, 0.1) is 5.82 Å². The summed E-state index contributed by atoms with van der Waals surface area (Å²) in [7, 11) is 2.18. The minimum absolute atomic E-state index is 0.138. The molecule has 1 atom stereocenters. The maximum Gasteiger partial charge on any atom is 0.254 e. The van der Waals surface area contributed by atoms with Gasteiger partial charge < -0.3 is 25.2 Å². The molecular formula is C29H30FN7O2. The second-order valence-corrected chi connectivity index (χ2v) is 10.5. The largest absolute Gasteiger partial charge is 0.373 e. The van der Waals surface area contributed by atoms with Crippen LogP contribution in [0.4, 0.5) is 21.6 Å². The van der Waals surface area contributed by atoms with Crippen LogP contribution in [0.1, 0.15) is 28.8 Å². The molecule has 7 rings (SSSR count). The van der Waals surface area contributed by atoms with Gasteiger partial charge in [-0.05, 0) is 49.7 Å². The number of nitrogens with one attached hydrogen (secondary N) is 2. The molecule has 2 aliphatic heterocycles. The molecule has 200 valence electrons. The summed E-state index contributed by atoms with van der Waals surface area (Å²) in [6.45, 7) is 3.75. The van der Waals surface area contributed by atoms with Crippen molar-refractivity contribution in [2.45, 2.75) is 31.5 Å². The van der Waals surface area contributed by atoms with Crippen molar-refractivity contribution in [2.75, 3.05) is 43.5 Å². The molecule has 1 amide bonds. The lowest BCUT2D eigenvalue weighted by Crippen LogP contribution is -2.47. The molecule has 2 fully saturated rings. The number of aromatic nitrogens is 3. The number of morpholine rings is 1. The zero-order valence-corrected chi connectivity index (χ0v) is 21.7. The molecule has 0 spiro atoms. The van der Waals surface area contributed by atoms with Crippen molar-refractivity contribution in [2.24, 2.45) is 0 Å². The van der Waals surface area contributed by atoms with E-state index in [1.807, 2.05) is 28.8 Å². The third kappa shape index (κ3) is 4.59. The molecule has 10 heteroatoms. The molecule has 3 aliphatic rings. The van der Waals surface area contributed by atoms with Gasteiger partial charge in [-0.2, -0.15) is 0 Å². The molecule has 0 bridgehead atoms. The predicted octanol–water partition coefficient (Wildman–Crippen LogP) is 3.82. The van der Waals surface area contributed by atoms with Crippen LogP contribution in [0.3, 0.4) is 0 Å². The van der Waals surface area contributed by atoms with E-state index in [2.05, 4.69) is 43.5 Å². The van der Waals surface area contributed by atoms with Gasteiger partial charge in [0.25, 0.3) is 5.91 Å². The maximum atomic E-state index is 13.7.